The second-order valence-corrected chi connectivity index (χ2v) is 9.16. The molecule has 0 radical (unpaired) electrons. The van der Waals surface area contributed by atoms with Gasteiger partial charge in [0.1, 0.15) is 17.3 Å². The highest BCUT2D eigenvalue weighted by molar-refractivity contribution is 5.96. The largest absolute Gasteiger partial charge is 0.359 e. The van der Waals surface area contributed by atoms with E-state index in [0.717, 1.165) is 36.5 Å². The fraction of sp³-hybridized carbons (Fsp3) is 0.400. The standard InChI is InChI=1S/C25H29F2N5O3/c1-15-11-31(7-6-19(15)24(33)28-2)12-17-14-32(13-16-4-5-18(26)8-21(16)27)23-10-29-22(9-20(17)23)25(34)30(3)35/h4-5,8-10,14-15,19,35H,6-7,11-13H2,1-3H3,(H,28,33). The van der Waals surface area contributed by atoms with Gasteiger partial charge in [0, 0.05) is 56.3 Å². The number of hydrogen-bond donors (Lipinski definition) is 2. The summed E-state index contributed by atoms with van der Waals surface area (Å²) >= 11 is 0. The Morgan fingerprint density at radius 3 is 2.66 bits per heavy atom. The van der Waals surface area contributed by atoms with Gasteiger partial charge in [-0.3, -0.25) is 19.7 Å². The molecular formula is C25H29F2N5O3. The molecule has 0 spiro atoms. The molecule has 1 saturated heterocycles. The Bertz CT molecular complexity index is 1260. The van der Waals surface area contributed by atoms with Crippen LogP contribution in [0.4, 0.5) is 8.78 Å². The second kappa shape index (κ2) is 10.1. The monoisotopic (exact) mass is 485 g/mol. The number of aromatic nitrogens is 2. The molecule has 0 bridgehead atoms. The molecule has 2 aromatic heterocycles. The third-order valence-electron chi connectivity index (χ3n) is 6.69. The van der Waals surface area contributed by atoms with Crippen molar-refractivity contribution in [3.05, 3.63) is 65.1 Å². The van der Waals surface area contributed by atoms with Gasteiger partial charge in [-0.05, 0) is 36.6 Å². The predicted molar refractivity (Wildman–Crippen MR) is 126 cm³/mol. The number of nitrogens with zero attached hydrogens (tertiary/aromatic N) is 4. The van der Waals surface area contributed by atoms with E-state index in [1.807, 2.05) is 10.8 Å². The Labute approximate surface area is 202 Å². The molecule has 0 saturated carbocycles. The number of fused-ring (bicyclic) bond motifs is 1. The number of halogens is 2. The van der Waals surface area contributed by atoms with Crippen LogP contribution in [0.2, 0.25) is 0 Å². The Hall–Kier alpha value is -3.37. The number of piperidine rings is 1. The maximum Gasteiger partial charge on any atom is 0.295 e. The van der Waals surface area contributed by atoms with Crippen molar-refractivity contribution in [1.82, 2.24) is 24.8 Å². The van der Waals surface area contributed by atoms with Crippen LogP contribution in [0.25, 0.3) is 10.9 Å². The normalized spacial score (nSPS) is 18.6. The average molecular weight is 486 g/mol. The van der Waals surface area contributed by atoms with Gasteiger partial charge in [-0.2, -0.15) is 0 Å². The maximum atomic E-state index is 14.4. The highest BCUT2D eigenvalue weighted by Crippen LogP contribution is 2.29. The van der Waals surface area contributed by atoms with E-state index in [4.69, 9.17) is 0 Å². The lowest BCUT2D eigenvalue weighted by Gasteiger charge is -2.35. The first-order valence-electron chi connectivity index (χ1n) is 11.5. The number of benzene rings is 1. The Morgan fingerprint density at radius 2 is 2.00 bits per heavy atom. The van der Waals surface area contributed by atoms with Gasteiger partial charge in [0.05, 0.1) is 18.3 Å². The van der Waals surface area contributed by atoms with Crippen LogP contribution in [0.1, 0.15) is 35.0 Å². The molecule has 2 unspecified atom stereocenters. The van der Waals surface area contributed by atoms with E-state index < -0.39 is 17.5 Å². The van der Waals surface area contributed by atoms with E-state index in [0.29, 0.717) is 22.7 Å². The smallest absolute Gasteiger partial charge is 0.295 e. The Balaban J connectivity index is 1.67. The van der Waals surface area contributed by atoms with E-state index in [2.05, 4.69) is 22.1 Å². The van der Waals surface area contributed by atoms with Crippen LogP contribution in [0.3, 0.4) is 0 Å². The lowest BCUT2D eigenvalue weighted by molar-refractivity contribution is -0.127. The molecule has 4 rings (SSSR count). The minimum absolute atomic E-state index is 0.0347. The van der Waals surface area contributed by atoms with Crippen molar-refractivity contribution in [2.24, 2.45) is 11.8 Å². The van der Waals surface area contributed by atoms with E-state index in [9.17, 15) is 23.6 Å². The molecule has 2 N–H and O–H groups in total. The third-order valence-corrected chi connectivity index (χ3v) is 6.69. The van der Waals surface area contributed by atoms with Crippen LogP contribution in [0.15, 0.2) is 36.7 Å². The number of rotatable bonds is 6. The number of hydrogen-bond acceptors (Lipinski definition) is 5. The zero-order chi connectivity index (χ0) is 25.3. The molecule has 2 atom stereocenters. The van der Waals surface area contributed by atoms with Gasteiger partial charge in [0.25, 0.3) is 5.91 Å². The van der Waals surface area contributed by atoms with Crippen LogP contribution in [-0.4, -0.2) is 63.7 Å². The summed E-state index contributed by atoms with van der Waals surface area (Å²) in [7, 11) is 2.88. The van der Waals surface area contributed by atoms with Crippen molar-refractivity contribution >= 4 is 22.7 Å². The fourth-order valence-corrected chi connectivity index (χ4v) is 4.83. The fourth-order valence-electron chi connectivity index (χ4n) is 4.83. The van der Waals surface area contributed by atoms with Crippen molar-refractivity contribution in [3.8, 4) is 0 Å². The summed E-state index contributed by atoms with van der Waals surface area (Å²) in [6.07, 6.45) is 4.15. The second-order valence-electron chi connectivity index (χ2n) is 9.16. The molecule has 1 aliphatic heterocycles. The third kappa shape index (κ3) is 5.18. The quantitative estimate of drug-likeness (QED) is 0.414. The molecule has 0 aliphatic carbocycles. The van der Waals surface area contributed by atoms with Gasteiger partial charge in [-0.15, -0.1) is 0 Å². The summed E-state index contributed by atoms with van der Waals surface area (Å²) in [5.74, 6) is -1.73. The first kappa shape index (κ1) is 24.7. The summed E-state index contributed by atoms with van der Waals surface area (Å²) in [6.45, 7) is 4.25. The van der Waals surface area contributed by atoms with Crippen molar-refractivity contribution < 1.29 is 23.6 Å². The van der Waals surface area contributed by atoms with Gasteiger partial charge < -0.3 is 9.88 Å². The van der Waals surface area contributed by atoms with Crippen LogP contribution in [-0.2, 0) is 17.9 Å². The molecule has 186 valence electrons. The van der Waals surface area contributed by atoms with E-state index in [1.54, 1.807) is 13.1 Å². The molecule has 1 aromatic carbocycles. The van der Waals surface area contributed by atoms with Crippen molar-refractivity contribution in [1.29, 1.82) is 0 Å². The van der Waals surface area contributed by atoms with Crippen molar-refractivity contribution in [3.63, 3.8) is 0 Å². The van der Waals surface area contributed by atoms with Gasteiger partial charge in [-0.1, -0.05) is 13.0 Å². The van der Waals surface area contributed by atoms with Crippen molar-refractivity contribution in [2.45, 2.75) is 26.4 Å². The molecule has 3 aromatic rings. The molecule has 3 heterocycles. The highest BCUT2D eigenvalue weighted by atomic mass is 19.1. The summed E-state index contributed by atoms with van der Waals surface area (Å²) < 4.78 is 29.6. The molecule has 35 heavy (non-hydrogen) atoms. The lowest BCUT2D eigenvalue weighted by atomic mass is 9.86. The molecule has 8 nitrogen and oxygen atoms in total. The van der Waals surface area contributed by atoms with E-state index in [-0.39, 0.29) is 30.0 Å². The predicted octanol–water partition coefficient (Wildman–Crippen LogP) is 3.03. The maximum absolute atomic E-state index is 14.4. The number of hydroxylamine groups is 2. The number of likely N-dealkylation sites (tertiary alicyclic amines) is 1. The van der Waals surface area contributed by atoms with Crippen LogP contribution >= 0.6 is 0 Å². The molecule has 10 heteroatoms. The van der Waals surface area contributed by atoms with Gasteiger partial charge in [-0.25, -0.2) is 18.8 Å². The van der Waals surface area contributed by atoms with Gasteiger partial charge in [0.15, 0.2) is 0 Å². The number of amides is 2. The zero-order valence-electron chi connectivity index (χ0n) is 20.0. The number of carbonyl (C=O) groups excluding carboxylic acids is 2. The summed E-state index contributed by atoms with van der Waals surface area (Å²) in [4.78, 5) is 30.9. The molecule has 1 aliphatic rings. The van der Waals surface area contributed by atoms with E-state index >= 15 is 0 Å². The SMILES string of the molecule is CNC(=O)C1CCN(Cc2cn(Cc3ccc(F)cc3F)c3cnc(C(=O)N(C)O)cc23)CC1C. The minimum atomic E-state index is -0.643. The molecular weight excluding hydrogens is 456 g/mol. The highest BCUT2D eigenvalue weighted by Gasteiger charge is 2.31. The zero-order valence-corrected chi connectivity index (χ0v) is 20.0. The topological polar surface area (TPSA) is 90.7 Å². The van der Waals surface area contributed by atoms with Crippen LogP contribution in [0, 0.1) is 23.5 Å². The molecule has 2 amide bonds. The number of carbonyl (C=O) groups is 2. The molecule has 1 fully saturated rings. The van der Waals surface area contributed by atoms with Gasteiger partial charge in [0.2, 0.25) is 5.91 Å². The minimum Gasteiger partial charge on any atom is -0.359 e. The summed E-state index contributed by atoms with van der Waals surface area (Å²) in [6, 6.07) is 5.10. The average Bonchev–Trinajstić information content (AvgIpc) is 3.16. The number of pyridine rings is 1. The first-order chi connectivity index (χ1) is 16.7. The lowest BCUT2D eigenvalue weighted by Crippen LogP contribution is -2.44. The first-order valence-corrected chi connectivity index (χ1v) is 11.5. The van der Waals surface area contributed by atoms with E-state index in [1.165, 1.54) is 25.4 Å². The number of nitrogens with one attached hydrogen (secondary N) is 1. The van der Waals surface area contributed by atoms with Gasteiger partial charge >= 0.3 is 0 Å². The Kier molecular flexibility index (Phi) is 7.13. The van der Waals surface area contributed by atoms with Crippen LogP contribution in [0.5, 0.6) is 0 Å². The summed E-state index contributed by atoms with van der Waals surface area (Å²) in [5.41, 5.74) is 2.01. The Morgan fingerprint density at radius 1 is 1.23 bits per heavy atom. The van der Waals surface area contributed by atoms with Crippen LogP contribution < -0.4 is 5.32 Å². The van der Waals surface area contributed by atoms with Crippen molar-refractivity contribution in [2.75, 3.05) is 27.2 Å². The summed E-state index contributed by atoms with van der Waals surface area (Å²) in [5, 5.41) is 13.5.